The van der Waals surface area contributed by atoms with Gasteiger partial charge in [0.2, 0.25) is 10.0 Å². The summed E-state index contributed by atoms with van der Waals surface area (Å²) in [6, 6.07) is 13.9. The molecule has 146 valence electrons. The van der Waals surface area contributed by atoms with Gasteiger partial charge in [0.15, 0.2) is 0 Å². The lowest BCUT2D eigenvalue weighted by Gasteiger charge is -2.39. The number of methoxy groups -OCH3 is 1. The summed E-state index contributed by atoms with van der Waals surface area (Å²) in [6.45, 7) is 1.42. The predicted octanol–water partition coefficient (Wildman–Crippen LogP) is 2.70. The highest BCUT2D eigenvalue weighted by Crippen LogP contribution is 2.32. The lowest BCUT2D eigenvalue weighted by Crippen LogP contribution is -2.49. The van der Waals surface area contributed by atoms with Crippen molar-refractivity contribution < 1.29 is 17.5 Å². The maximum atomic E-state index is 13.8. The molecule has 0 N–H and O–H groups in total. The molecule has 0 aromatic heterocycles. The Kier molecular flexibility index (Phi) is 6.14. The fourth-order valence-electron chi connectivity index (χ4n) is 3.45. The summed E-state index contributed by atoms with van der Waals surface area (Å²) in [4.78, 5) is 2.14. The van der Waals surface area contributed by atoms with E-state index in [0.717, 1.165) is 11.3 Å². The van der Waals surface area contributed by atoms with Crippen molar-refractivity contribution in [1.82, 2.24) is 9.21 Å². The van der Waals surface area contributed by atoms with Crippen LogP contribution in [0.1, 0.15) is 17.2 Å². The zero-order valence-electron chi connectivity index (χ0n) is 15.6. The van der Waals surface area contributed by atoms with E-state index in [4.69, 9.17) is 4.74 Å². The molecular formula is C20H25FN2O3S. The van der Waals surface area contributed by atoms with Crippen LogP contribution in [-0.2, 0) is 16.4 Å². The van der Waals surface area contributed by atoms with Gasteiger partial charge in [0.1, 0.15) is 11.6 Å². The second-order valence-electron chi connectivity index (χ2n) is 6.75. The molecule has 2 aromatic rings. The zero-order valence-corrected chi connectivity index (χ0v) is 16.5. The highest BCUT2D eigenvalue weighted by Gasteiger charge is 2.33. The average Bonchev–Trinajstić information content (AvgIpc) is 2.67. The first-order chi connectivity index (χ1) is 12.9. The molecule has 1 unspecified atom stereocenters. The number of halogens is 1. The molecule has 0 amide bonds. The SMILES string of the molecule is COc1ccccc1C1CN(S(=O)(=O)CCc2ccccc2F)CCN1C. The monoisotopic (exact) mass is 392 g/mol. The fraction of sp³-hybridized carbons (Fsp3) is 0.400. The van der Waals surface area contributed by atoms with E-state index in [0.29, 0.717) is 25.2 Å². The highest BCUT2D eigenvalue weighted by molar-refractivity contribution is 7.89. The van der Waals surface area contributed by atoms with Crippen LogP contribution in [-0.4, -0.2) is 57.2 Å². The summed E-state index contributed by atoms with van der Waals surface area (Å²) in [7, 11) is 0.119. The summed E-state index contributed by atoms with van der Waals surface area (Å²) in [5.41, 5.74) is 1.40. The van der Waals surface area contributed by atoms with Gasteiger partial charge in [0.05, 0.1) is 18.9 Å². The molecule has 1 saturated heterocycles. The minimum atomic E-state index is -3.48. The van der Waals surface area contributed by atoms with E-state index < -0.39 is 10.0 Å². The number of piperazine rings is 1. The standard InChI is InChI=1S/C20H25FN2O3S/c1-22-12-13-23(15-19(22)17-8-4-6-10-20(17)26-2)27(24,25)14-11-16-7-3-5-9-18(16)21/h3-10,19H,11-15H2,1-2H3. The highest BCUT2D eigenvalue weighted by atomic mass is 32.2. The molecule has 0 aliphatic carbocycles. The first-order valence-electron chi connectivity index (χ1n) is 8.97. The number of ether oxygens (including phenoxy) is 1. The Bertz CT molecular complexity index is 888. The van der Waals surface area contributed by atoms with Crippen LogP contribution in [0.15, 0.2) is 48.5 Å². The third-order valence-electron chi connectivity index (χ3n) is 5.09. The Balaban J connectivity index is 1.75. The van der Waals surface area contributed by atoms with Crippen LogP contribution in [0.2, 0.25) is 0 Å². The predicted molar refractivity (Wildman–Crippen MR) is 104 cm³/mol. The van der Waals surface area contributed by atoms with E-state index in [9.17, 15) is 12.8 Å². The van der Waals surface area contributed by atoms with Crippen LogP contribution in [0, 0.1) is 5.82 Å². The van der Waals surface area contributed by atoms with Gasteiger partial charge in [0.25, 0.3) is 0 Å². The van der Waals surface area contributed by atoms with Crippen molar-refractivity contribution in [3.05, 3.63) is 65.5 Å². The first-order valence-corrected chi connectivity index (χ1v) is 10.6. The molecule has 2 aromatic carbocycles. The van der Waals surface area contributed by atoms with Gasteiger partial charge in [-0.3, -0.25) is 4.90 Å². The quantitative estimate of drug-likeness (QED) is 0.759. The molecule has 1 heterocycles. The van der Waals surface area contributed by atoms with E-state index in [1.165, 1.54) is 10.4 Å². The van der Waals surface area contributed by atoms with Crippen molar-refractivity contribution in [2.75, 3.05) is 39.5 Å². The Morgan fingerprint density at radius 2 is 1.81 bits per heavy atom. The smallest absolute Gasteiger partial charge is 0.214 e. The van der Waals surface area contributed by atoms with Crippen LogP contribution < -0.4 is 4.74 Å². The third kappa shape index (κ3) is 4.48. The van der Waals surface area contributed by atoms with Gasteiger partial charge >= 0.3 is 0 Å². The summed E-state index contributed by atoms with van der Waals surface area (Å²) in [5, 5.41) is 0. The molecule has 1 aliphatic rings. The molecule has 7 heteroatoms. The van der Waals surface area contributed by atoms with Gasteiger partial charge < -0.3 is 4.74 Å². The summed E-state index contributed by atoms with van der Waals surface area (Å²) in [5.74, 6) is 0.286. The molecular weight excluding hydrogens is 367 g/mol. The van der Waals surface area contributed by atoms with E-state index in [1.807, 2.05) is 31.3 Å². The first kappa shape index (κ1) is 19.8. The minimum absolute atomic E-state index is 0.0851. The Labute approximate surface area is 160 Å². The Hall–Kier alpha value is -1.96. The maximum Gasteiger partial charge on any atom is 0.214 e. The molecule has 5 nitrogen and oxygen atoms in total. The minimum Gasteiger partial charge on any atom is -0.496 e. The number of nitrogens with zero attached hydrogens (tertiary/aromatic N) is 2. The average molecular weight is 392 g/mol. The number of likely N-dealkylation sites (N-methyl/N-ethyl adjacent to an activating group) is 1. The third-order valence-corrected chi connectivity index (χ3v) is 6.93. The lowest BCUT2D eigenvalue weighted by molar-refractivity contribution is 0.146. The van der Waals surface area contributed by atoms with Crippen LogP contribution in [0.5, 0.6) is 5.75 Å². The molecule has 0 bridgehead atoms. The molecule has 1 fully saturated rings. The van der Waals surface area contributed by atoms with Crippen molar-refractivity contribution in [1.29, 1.82) is 0 Å². The fourth-order valence-corrected chi connectivity index (χ4v) is 4.91. The molecule has 27 heavy (non-hydrogen) atoms. The second kappa shape index (κ2) is 8.37. The van der Waals surface area contributed by atoms with Crippen molar-refractivity contribution in [3.63, 3.8) is 0 Å². The van der Waals surface area contributed by atoms with Crippen molar-refractivity contribution in [3.8, 4) is 5.75 Å². The van der Waals surface area contributed by atoms with Gasteiger partial charge in [-0.2, -0.15) is 4.31 Å². The molecule has 1 aliphatic heterocycles. The molecule has 0 radical (unpaired) electrons. The summed E-state index contributed by atoms with van der Waals surface area (Å²) >= 11 is 0. The lowest BCUT2D eigenvalue weighted by atomic mass is 10.0. The van der Waals surface area contributed by atoms with Crippen LogP contribution in [0.4, 0.5) is 4.39 Å². The van der Waals surface area contributed by atoms with Crippen LogP contribution in [0.3, 0.4) is 0 Å². The second-order valence-corrected chi connectivity index (χ2v) is 8.84. The summed E-state index contributed by atoms with van der Waals surface area (Å²) < 4.78 is 46.5. The number of benzene rings is 2. The number of sulfonamides is 1. The number of para-hydroxylation sites is 1. The largest absolute Gasteiger partial charge is 0.496 e. The maximum absolute atomic E-state index is 13.8. The molecule has 1 atom stereocenters. The number of hydrogen-bond donors (Lipinski definition) is 0. The normalized spacial score (nSPS) is 19.1. The number of rotatable bonds is 6. The molecule has 3 rings (SSSR count). The van der Waals surface area contributed by atoms with Crippen molar-refractivity contribution >= 4 is 10.0 Å². The molecule has 0 spiro atoms. The Morgan fingerprint density at radius 1 is 1.11 bits per heavy atom. The van der Waals surface area contributed by atoms with Crippen molar-refractivity contribution in [2.45, 2.75) is 12.5 Å². The van der Waals surface area contributed by atoms with E-state index in [-0.39, 0.29) is 24.0 Å². The van der Waals surface area contributed by atoms with Gasteiger partial charge in [0, 0.05) is 25.2 Å². The van der Waals surface area contributed by atoms with Gasteiger partial charge in [-0.25, -0.2) is 12.8 Å². The molecule has 0 saturated carbocycles. The summed E-state index contributed by atoms with van der Waals surface area (Å²) in [6.07, 6.45) is 0.167. The van der Waals surface area contributed by atoms with Crippen molar-refractivity contribution in [2.24, 2.45) is 0 Å². The zero-order chi connectivity index (χ0) is 19.4. The van der Waals surface area contributed by atoms with Gasteiger partial charge in [-0.15, -0.1) is 0 Å². The van der Waals surface area contributed by atoms with Gasteiger partial charge in [-0.05, 0) is 31.2 Å². The number of aryl methyl sites for hydroxylation is 1. The van der Waals surface area contributed by atoms with Crippen LogP contribution >= 0.6 is 0 Å². The van der Waals surface area contributed by atoms with E-state index in [2.05, 4.69) is 4.90 Å². The van der Waals surface area contributed by atoms with Gasteiger partial charge in [-0.1, -0.05) is 36.4 Å². The number of hydrogen-bond acceptors (Lipinski definition) is 4. The topological polar surface area (TPSA) is 49.9 Å². The van der Waals surface area contributed by atoms with E-state index >= 15 is 0 Å². The van der Waals surface area contributed by atoms with E-state index in [1.54, 1.807) is 25.3 Å². The van der Waals surface area contributed by atoms with Crippen LogP contribution in [0.25, 0.3) is 0 Å². The Morgan fingerprint density at radius 3 is 2.56 bits per heavy atom.